The average molecular weight is 503 g/mol. The van der Waals surface area contributed by atoms with Crippen LogP contribution in [0.15, 0.2) is 0 Å². The molecule has 210 valence electrons. The van der Waals surface area contributed by atoms with E-state index in [1.807, 2.05) is 0 Å². The summed E-state index contributed by atoms with van der Waals surface area (Å²) < 4.78 is 5.42. The number of methoxy groups -OCH3 is 1. The number of carbonyl (C=O) groups is 1. The summed E-state index contributed by atoms with van der Waals surface area (Å²) in [4.78, 5) is 13.0. The molecule has 0 aromatic rings. The third kappa shape index (κ3) is 9.34. The summed E-state index contributed by atoms with van der Waals surface area (Å²) in [6.07, 6.45) is 32.8. The van der Waals surface area contributed by atoms with E-state index in [2.05, 4.69) is 13.8 Å². The molecule has 0 aromatic carbocycles. The van der Waals surface area contributed by atoms with Crippen molar-refractivity contribution in [3.8, 4) is 0 Å². The van der Waals surface area contributed by atoms with Crippen LogP contribution in [0.2, 0.25) is 0 Å². The maximum Gasteiger partial charge on any atom is 0.311 e. The predicted molar refractivity (Wildman–Crippen MR) is 154 cm³/mol. The van der Waals surface area contributed by atoms with Crippen LogP contribution in [-0.4, -0.2) is 13.1 Å². The fraction of sp³-hybridized carbons (Fsp3) is 0.971. The number of rotatable bonds is 15. The Morgan fingerprint density at radius 1 is 0.611 bits per heavy atom. The zero-order valence-corrected chi connectivity index (χ0v) is 24.7. The standard InChI is InChI=1S/C34H62O2/c1-4-6-8-9-11-13-28-14-16-30(17-15-28)22-25-34(33(35)36-3)26-23-32(24-27-34)31-20-18-29(19-21-31)12-10-7-5-2/h28-32H,4-27H2,1-3H3/t28-,29?,30-,31?,32?,34?. The van der Waals surface area contributed by atoms with E-state index in [1.165, 1.54) is 135 Å². The van der Waals surface area contributed by atoms with Gasteiger partial charge >= 0.3 is 5.97 Å². The molecule has 2 heteroatoms. The van der Waals surface area contributed by atoms with Gasteiger partial charge in [0.2, 0.25) is 0 Å². The van der Waals surface area contributed by atoms with Gasteiger partial charge in [0.05, 0.1) is 12.5 Å². The minimum Gasteiger partial charge on any atom is -0.469 e. The van der Waals surface area contributed by atoms with Gasteiger partial charge in [0.25, 0.3) is 0 Å². The van der Waals surface area contributed by atoms with E-state index >= 15 is 0 Å². The van der Waals surface area contributed by atoms with E-state index in [9.17, 15) is 4.79 Å². The fourth-order valence-electron chi connectivity index (χ4n) is 8.39. The molecule has 0 N–H and O–H groups in total. The Hall–Kier alpha value is -0.530. The molecule has 0 unspecified atom stereocenters. The summed E-state index contributed by atoms with van der Waals surface area (Å²) >= 11 is 0. The van der Waals surface area contributed by atoms with Crippen molar-refractivity contribution in [3.05, 3.63) is 0 Å². The molecule has 0 saturated heterocycles. The summed E-state index contributed by atoms with van der Waals surface area (Å²) in [6.45, 7) is 4.62. The van der Waals surface area contributed by atoms with Crippen molar-refractivity contribution >= 4 is 5.97 Å². The molecule has 0 radical (unpaired) electrons. The smallest absolute Gasteiger partial charge is 0.311 e. The molecule has 0 aromatic heterocycles. The van der Waals surface area contributed by atoms with Crippen molar-refractivity contribution in [2.45, 2.75) is 168 Å². The normalized spacial score (nSPS) is 33.4. The number of hydrogen-bond acceptors (Lipinski definition) is 2. The molecule has 0 heterocycles. The zero-order valence-electron chi connectivity index (χ0n) is 24.7. The molecule has 0 spiro atoms. The first kappa shape index (κ1) is 30.0. The molecule has 0 amide bonds. The summed E-state index contributed by atoms with van der Waals surface area (Å²) in [5.41, 5.74) is -0.168. The maximum absolute atomic E-state index is 13.0. The van der Waals surface area contributed by atoms with Gasteiger partial charge in [-0.1, -0.05) is 117 Å². The lowest BCUT2D eigenvalue weighted by Crippen LogP contribution is -2.39. The van der Waals surface area contributed by atoms with Crippen LogP contribution >= 0.6 is 0 Å². The van der Waals surface area contributed by atoms with E-state index in [1.54, 1.807) is 7.11 Å². The highest BCUT2D eigenvalue weighted by Gasteiger charge is 2.44. The number of ether oxygens (including phenoxy) is 1. The van der Waals surface area contributed by atoms with Crippen LogP contribution in [0.5, 0.6) is 0 Å². The Bertz CT molecular complexity index is 574. The highest BCUT2D eigenvalue weighted by molar-refractivity contribution is 5.76. The Morgan fingerprint density at radius 3 is 1.61 bits per heavy atom. The van der Waals surface area contributed by atoms with Crippen LogP contribution in [-0.2, 0) is 9.53 Å². The minimum absolute atomic E-state index is 0.112. The molecule has 0 bridgehead atoms. The van der Waals surface area contributed by atoms with Gasteiger partial charge in [0.1, 0.15) is 0 Å². The van der Waals surface area contributed by atoms with Crippen molar-refractivity contribution < 1.29 is 9.53 Å². The first-order chi connectivity index (χ1) is 17.6. The molecular weight excluding hydrogens is 440 g/mol. The molecule has 0 aliphatic heterocycles. The second kappa shape index (κ2) is 16.4. The molecule has 3 saturated carbocycles. The quantitative estimate of drug-likeness (QED) is 0.164. The molecule has 3 fully saturated rings. The molecule has 3 rings (SSSR count). The second-order valence-electron chi connectivity index (χ2n) is 13.5. The van der Waals surface area contributed by atoms with Crippen molar-refractivity contribution in [2.24, 2.45) is 35.0 Å². The topological polar surface area (TPSA) is 26.3 Å². The zero-order chi connectivity index (χ0) is 25.6. The highest BCUT2D eigenvalue weighted by atomic mass is 16.5. The summed E-state index contributed by atoms with van der Waals surface area (Å²) in [5.74, 6) is 4.74. The van der Waals surface area contributed by atoms with Gasteiger partial charge in [-0.2, -0.15) is 0 Å². The molecular formula is C34H62O2. The number of esters is 1. The van der Waals surface area contributed by atoms with Crippen molar-refractivity contribution in [2.75, 3.05) is 7.11 Å². The summed E-state index contributed by atoms with van der Waals surface area (Å²) in [6, 6.07) is 0. The summed E-state index contributed by atoms with van der Waals surface area (Å²) in [5, 5.41) is 0. The average Bonchev–Trinajstić information content (AvgIpc) is 2.93. The van der Waals surface area contributed by atoms with Crippen LogP contribution in [0.1, 0.15) is 168 Å². The lowest BCUT2D eigenvalue weighted by atomic mass is 9.62. The fourth-order valence-corrected chi connectivity index (χ4v) is 8.39. The Kier molecular flexibility index (Phi) is 13.7. The van der Waals surface area contributed by atoms with Gasteiger partial charge in [0.15, 0.2) is 0 Å². The largest absolute Gasteiger partial charge is 0.469 e. The van der Waals surface area contributed by atoms with Gasteiger partial charge in [-0.15, -0.1) is 0 Å². The third-order valence-corrected chi connectivity index (χ3v) is 11.1. The van der Waals surface area contributed by atoms with Crippen LogP contribution in [0.4, 0.5) is 0 Å². The van der Waals surface area contributed by atoms with Crippen molar-refractivity contribution in [3.63, 3.8) is 0 Å². The lowest BCUT2D eigenvalue weighted by molar-refractivity contribution is -0.157. The van der Waals surface area contributed by atoms with Gasteiger partial charge in [-0.05, 0) is 81.0 Å². The van der Waals surface area contributed by atoms with Crippen LogP contribution in [0, 0.1) is 35.0 Å². The van der Waals surface area contributed by atoms with Crippen molar-refractivity contribution in [1.29, 1.82) is 0 Å². The number of carbonyl (C=O) groups excluding carboxylic acids is 1. The number of unbranched alkanes of at least 4 members (excludes halogenated alkanes) is 6. The Balaban J connectivity index is 1.37. The van der Waals surface area contributed by atoms with Gasteiger partial charge in [-0.3, -0.25) is 4.79 Å². The predicted octanol–water partition coefficient (Wildman–Crippen LogP) is 10.7. The molecule has 3 aliphatic rings. The van der Waals surface area contributed by atoms with Crippen LogP contribution < -0.4 is 0 Å². The first-order valence-corrected chi connectivity index (χ1v) is 16.7. The van der Waals surface area contributed by atoms with Gasteiger partial charge in [0, 0.05) is 0 Å². The lowest BCUT2D eigenvalue weighted by Gasteiger charge is -2.43. The molecule has 36 heavy (non-hydrogen) atoms. The summed E-state index contributed by atoms with van der Waals surface area (Å²) in [7, 11) is 1.63. The number of hydrogen-bond donors (Lipinski definition) is 0. The van der Waals surface area contributed by atoms with Crippen LogP contribution in [0.25, 0.3) is 0 Å². The third-order valence-electron chi connectivity index (χ3n) is 11.1. The second-order valence-corrected chi connectivity index (χ2v) is 13.5. The Morgan fingerprint density at radius 2 is 1.06 bits per heavy atom. The van der Waals surface area contributed by atoms with Crippen LogP contribution in [0.3, 0.4) is 0 Å². The van der Waals surface area contributed by atoms with E-state index in [4.69, 9.17) is 4.74 Å². The monoisotopic (exact) mass is 502 g/mol. The van der Waals surface area contributed by atoms with E-state index in [0.717, 1.165) is 48.9 Å². The SMILES string of the molecule is CCCCCCC[C@H]1CC[C@H](CCC2(C(=O)OC)CCC(C3CCC(CCCCC)CC3)CC2)CC1. The molecule has 0 atom stereocenters. The van der Waals surface area contributed by atoms with E-state index < -0.39 is 0 Å². The van der Waals surface area contributed by atoms with Gasteiger partial charge < -0.3 is 4.74 Å². The van der Waals surface area contributed by atoms with Crippen molar-refractivity contribution in [1.82, 2.24) is 0 Å². The molecule has 3 aliphatic carbocycles. The highest BCUT2D eigenvalue weighted by Crippen LogP contribution is 2.49. The van der Waals surface area contributed by atoms with E-state index in [0.29, 0.717) is 0 Å². The Labute approximate surface area is 225 Å². The minimum atomic E-state index is -0.168. The van der Waals surface area contributed by atoms with Gasteiger partial charge in [-0.25, -0.2) is 0 Å². The maximum atomic E-state index is 13.0. The molecule has 2 nitrogen and oxygen atoms in total. The van der Waals surface area contributed by atoms with E-state index in [-0.39, 0.29) is 11.4 Å². The first-order valence-electron chi connectivity index (χ1n) is 16.7.